The monoisotopic (exact) mass is 211 g/mol. The first-order valence-corrected chi connectivity index (χ1v) is 6.69. The molecule has 1 aliphatic heterocycles. The molecule has 2 atom stereocenters. The summed E-state index contributed by atoms with van der Waals surface area (Å²) >= 11 is 0. The van der Waals surface area contributed by atoms with Crippen molar-refractivity contribution in [2.24, 2.45) is 5.92 Å². The average molecular weight is 211 g/mol. The maximum absolute atomic E-state index is 5.78. The van der Waals surface area contributed by atoms with Gasteiger partial charge in [-0.25, -0.2) is 0 Å². The van der Waals surface area contributed by atoms with Gasteiger partial charge in [0.1, 0.15) is 0 Å². The van der Waals surface area contributed by atoms with Crippen LogP contribution in [0.3, 0.4) is 0 Å². The van der Waals surface area contributed by atoms with Crippen molar-refractivity contribution in [3.8, 4) is 0 Å². The van der Waals surface area contributed by atoms with E-state index in [1.54, 1.807) is 0 Å². The predicted octanol–water partition coefficient (Wildman–Crippen LogP) is 2.72. The Balaban J connectivity index is 1.65. The van der Waals surface area contributed by atoms with E-state index in [0.29, 0.717) is 6.10 Å². The SMILES string of the molecule is CNC(CCC1CCCCO1)C1CCC1. The zero-order valence-corrected chi connectivity index (χ0v) is 10.0. The third-order valence-corrected chi connectivity index (χ3v) is 4.16. The first kappa shape index (κ1) is 11.4. The quantitative estimate of drug-likeness (QED) is 0.755. The van der Waals surface area contributed by atoms with Crippen LogP contribution in [-0.4, -0.2) is 25.8 Å². The summed E-state index contributed by atoms with van der Waals surface area (Å²) in [6.45, 7) is 0.998. The van der Waals surface area contributed by atoms with Crippen LogP contribution in [0.15, 0.2) is 0 Å². The van der Waals surface area contributed by atoms with Gasteiger partial charge in [0.05, 0.1) is 6.10 Å². The standard InChI is InChI=1S/C13H25NO/c1-14-13(11-5-4-6-11)9-8-12-7-2-3-10-15-12/h11-14H,2-10H2,1H3. The van der Waals surface area contributed by atoms with Crippen LogP contribution in [0.1, 0.15) is 51.4 Å². The minimum absolute atomic E-state index is 0.565. The molecule has 0 bridgehead atoms. The Morgan fingerprint density at radius 1 is 1.20 bits per heavy atom. The second-order valence-electron chi connectivity index (χ2n) is 5.15. The van der Waals surface area contributed by atoms with Gasteiger partial charge in [-0.05, 0) is 57.9 Å². The summed E-state index contributed by atoms with van der Waals surface area (Å²) < 4.78 is 5.78. The van der Waals surface area contributed by atoms with Crippen molar-refractivity contribution in [1.29, 1.82) is 0 Å². The van der Waals surface area contributed by atoms with E-state index < -0.39 is 0 Å². The lowest BCUT2D eigenvalue weighted by Gasteiger charge is -2.34. The van der Waals surface area contributed by atoms with E-state index in [-0.39, 0.29) is 0 Å². The molecule has 2 rings (SSSR count). The van der Waals surface area contributed by atoms with Gasteiger partial charge in [0.2, 0.25) is 0 Å². The van der Waals surface area contributed by atoms with Crippen molar-refractivity contribution in [2.75, 3.05) is 13.7 Å². The van der Waals surface area contributed by atoms with Crippen LogP contribution in [0.2, 0.25) is 0 Å². The van der Waals surface area contributed by atoms with Gasteiger partial charge in [-0.15, -0.1) is 0 Å². The zero-order chi connectivity index (χ0) is 10.5. The molecule has 2 aliphatic rings. The molecule has 0 aromatic rings. The van der Waals surface area contributed by atoms with Gasteiger partial charge in [-0.1, -0.05) is 6.42 Å². The summed E-state index contributed by atoms with van der Waals surface area (Å²) in [6.07, 6.45) is 11.4. The van der Waals surface area contributed by atoms with Crippen molar-refractivity contribution in [1.82, 2.24) is 5.32 Å². The van der Waals surface area contributed by atoms with Crippen molar-refractivity contribution < 1.29 is 4.74 Å². The zero-order valence-electron chi connectivity index (χ0n) is 10.0. The molecule has 1 aliphatic carbocycles. The van der Waals surface area contributed by atoms with Crippen molar-refractivity contribution >= 4 is 0 Å². The van der Waals surface area contributed by atoms with Crippen LogP contribution >= 0.6 is 0 Å². The summed E-state index contributed by atoms with van der Waals surface area (Å²) in [4.78, 5) is 0. The Morgan fingerprint density at radius 2 is 2.07 bits per heavy atom. The molecule has 15 heavy (non-hydrogen) atoms. The smallest absolute Gasteiger partial charge is 0.0575 e. The molecule has 2 nitrogen and oxygen atoms in total. The van der Waals surface area contributed by atoms with Gasteiger partial charge in [0.15, 0.2) is 0 Å². The van der Waals surface area contributed by atoms with E-state index in [1.165, 1.54) is 51.4 Å². The number of rotatable bonds is 5. The molecular formula is C13H25NO. The number of nitrogens with one attached hydrogen (secondary N) is 1. The molecule has 0 spiro atoms. The molecule has 2 fully saturated rings. The lowest BCUT2D eigenvalue weighted by Crippen LogP contribution is -2.38. The number of hydrogen-bond acceptors (Lipinski definition) is 2. The minimum atomic E-state index is 0.565. The molecule has 1 N–H and O–H groups in total. The Morgan fingerprint density at radius 3 is 2.60 bits per heavy atom. The van der Waals surface area contributed by atoms with E-state index in [2.05, 4.69) is 12.4 Å². The van der Waals surface area contributed by atoms with E-state index in [0.717, 1.165) is 18.6 Å². The molecule has 2 unspecified atom stereocenters. The van der Waals surface area contributed by atoms with Gasteiger partial charge in [0, 0.05) is 12.6 Å². The maximum atomic E-state index is 5.78. The lowest BCUT2D eigenvalue weighted by atomic mass is 9.78. The fraction of sp³-hybridized carbons (Fsp3) is 1.00. The highest BCUT2D eigenvalue weighted by Crippen LogP contribution is 2.32. The minimum Gasteiger partial charge on any atom is -0.378 e. The third kappa shape index (κ3) is 3.18. The van der Waals surface area contributed by atoms with E-state index in [4.69, 9.17) is 4.74 Å². The second kappa shape index (κ2) is 5.86. The van der Waals surface area contributed by atoms with Gasteiger partial charge in [-0.3, -0.25) is 0 Å². The Hall–Kier alpha value is -0.0800. The molecule has 0 amide bonds. The van der Waals surface area contributed by atoms with Crippen LogP contribution in [0.4, 0.5) is 0 Å². The van der Waals surface area contributed by atoms with Crippen LogP contribution in [0, 0.1) is 5.92 Å². The van der Waals surface area contributed by atoms with Crippen molar-refractivity contribution in [3.05, 3.63) is 0 Å². The average Bonchev–Trinajstić information content (AvgIpc) is 2.23. The second-order valence-corrected chi connectivity index (χ2v) is 5.15. The highest BCUT2D eigenvalue weighted by atomic mass is 16.5. The van der Waals surface area contributed by atoms with Crippen LogP contribution < -0.4 is 5.32 Å². The molecular weight excluding hydrogens is 186 g/mol. The van der Waals surface area contributed by atoms with E-state index in [9.17, 15) is 0 Å². The molecule has 2 heteroatoms. The highest BCUT2D eigenvalue weighted by Gasteiger charge is 2.26. The summed E-state index contributed by atoms with van der Waals surface area (Å²) in [6, 6.07) is 0.754. The fourth-order valence-corrected chi connectivity index (χ4v) is 2.86. The summed E-state index contributed by atoms with van der Waals surface area (Å²) in [5.74, 6) is 0.957. The third-order valence-electron chi connectivity index (χ3n) is 4.16. The normalized spacial score (nSPS) is 29.8. The largest absolute Gasteiger partial charge is 0.378 e. The maximum Gasteiger partial charge on any atom is 0.0575 e. The van der Waals surface area contributed by atoms with Gasteiger partial charge in [-0.2, -0.15) is 0 Å². The van der Waals surface area contributed by atoms with Crippen LogP contribution in [-0.2, 0) is 4.74 Å². The Kier molecular flexibility index (Phi) is 4.45. The molecule has 1 saturated heterocycles. The molecule has 1 saturated carbocycles. The summed E-state index contributed by atoms with van der Waals surface area (Å²) in [5, 5.41) is 3.49. The first-order chi connectivity index (χ1) is 7.40. The fourth-order valence-electron chi connectivity index (χ4n) is 2.86. The van der Waals surface area contributed by atoms with Gasteiger partial charge >= 0.3 is 0 Å². The van der Waals surface area contributed by atoms with Crippen molar-refractivity contribution in [2.45, 2.75) is 63.5 Å². The summed E-state index contributed by atoms with van der Waals surface area (Å²) in [5.41, 5.74) is 0. The van der Waals surface area contributed by atoms with Crippen molar-refractivity contribution in [3.63, 3.8) is 0 Å². The van der Waals surface area contributed by atoms with Crippen LogP contribution in [0.5, 0.6) is 0 Å². The van der Waals surface area contributed by atoms with E-state index >= 15 is 0 Å². The molecule has 0 aromatic carbocycles. The number of ether oxygens (including phenoxy) is 1. The predicted molar refractivity (Wildman–Crippen MR) is 63.0 cm³/mol. The Labute approximate surface area is 93.8 Å². The Bertz CT molecular complexity index is 173. The van der Waals surface area contributed by atoms with E-state index in [1.807, 2.05) is 0 Å². The van der Waals surface area contributed by atoms with Crippen LogP contribution in [0.25, 0.3) is 0 Å². The van der Waals surface area contributed by atoms with Gasteiger partial charge < -0.3 is 10.1 Å². The molecule has 1 heterocycles. The topological polar surface area (TPSA) is 21.3 Å². The summed E-state index contributed by atoms with van der Waals surface area (Å²) in [7, 11) is 2.12. The van der Waals surface area contributed by atoms with Gasteiger partial charge in [0.25, 0.3) is 0 Å². The number of hydrogen-bond donors (Lipinski definition) is 1. The highest BCUT2D eigenvalue weighted by molar-refractivity contribution is 4.82. The first-order valence-electron chi connectivity index (χ1n) is 6.69. The molecule has 0 aromatic heterocycles. The lowest BCUT2D eigenvalue weighted by molar-refractivity contribution is 0.00664. The molecule has 88 valence electrons. The molecule has 0 radical (unpaired) electrons.